The first-order valence-electron chi connectivity index (χ1n) is 5.29. The molecule has 2 rings (SSSR count). The topological polar surface area (TPSA) is 62.7 Å². The summed E-state index contributed by atoms with van der Waals surface area (Å²) in [4.78, 5) is 3.86. The highest BCUT2D eigenvalue weighted by atomic mass is 19.1. The van der Waals surface area contributed by atoms with Gasteiger partial charge in [0.05, 0.1) is 11.3 Å². The van der Waals surface area contributed by atoms with Gasteiger partial charge in [-0.3, -0.25) is 4.98 Å². The van der Waals surface area contributed by atoms with Crippen molar-refractivity contribution in [3.63, 3.8) is 0 Å². The average Bonchev–Trinajstić information content (AvgIpc) is 2.41. The summed E-state index contributed by atoms with van der Waals surface area (Å²) in [6.45, 7) is 0. The second-order valence-corrected chi connectivity index (χ2v) is 3.62. The van der Waals surface area contributed by atoms with Crippen LogP contribution in [0.1, 0.15) is 11.1 Å². The van der Waals surface area contributed by atoms with Gasteiger partial charge < -0.3 is 5.73 Å². The smallest absolute Gasteiger partial charge is 0.132 e. The molecular weight excluding hydrogens is 229 g/mol. The summed E-state index contributed by atoms with van der Waals surface area (Å²) in [5, 5.41) is 9.17. The number of halogens is 1. The summed E-state index contributed by atoms with van der Waals surface area (Å²) < 4.78 is 13.6. The summed E-state index contributed by atoms with van der Waals surface area (Å²) in [5.41, 5.74) is 7.09. The highest BCUT2D eigenvalue weighted by Gasteiger charge is 2.11. The predicted octanol–water partition coefficient (Wildman–Crippen LogP) is 2.57. The lowest BCUT2D eigenvalue weighted by Gasteiger charge is -2.06. The maximum Gasteiger partial charge on any atom is 0.132 e. The molecule has 1 heterocycles. The van der Waals surface area contributed by atoms with Crippen molar-refractivity contribution in [1.29, 1.82) is 5.26 Å². The number of pyridine rings is 1. The molecule has 2 N–H and O–H groups in total. The number of aromatic nitrogens is 1. The van der Waals surface area contributed by atoms with E-state index in [1.807, 2.05) is 6.07 Å². The summed E-state index contributed by atoms with van der Waals surface area (Å²) in [6.07, 6.45) is 3.11. The van der Waals surface area contributed by atoms with Gasteiger partial charge in [0.15, 0.2) is 0 Å². The number of benzene rings is 1. The molecule has 1 aromatic heterocycles. The van der Waals surface area contributed by atoms with Gasteiger partial charge in [0, 0.05) is 18.0 Å². The van der Waals surface area contributed by atoms with Gasteiger partial charge >= 0.3 is 0 Å². The molecule has 0 spiro atoms. The summed E-state index contributed by atoms with van der Waals surface area (Å²) in [6, 6.07) is 11.4. The Balaban J connectivity index is 2.59. The summed E-state index contributed by atoms with van der Waals surface area (Å²) in [5.74, 6) is -0.447. The third kappa shape index (κ3) is 2.20. The van der Waals surface area contributed by atoms with Crippen molar-refractivity contribution >= 4 is 11.3 Å². The quantitative estimate of drug-likeness (QED) is 0.819. The molecule has 0 atom stereocenters. The lowest BCUT2D eigenvalue weighted by molar-refractivity contribution is 0.624. The first-order chi connectivity index (χ1) is 8.74. The number of allylic oxidation sites excluding steroid dienone is 1. The Bertz CT molecular complexity index is 627. The van der Waals surface area contributed by atoms with Gasteiger partial charge in [0.2, 0.25) is 0 Å². The van der Waals surface area contributed by atoms with Crippen molar-refractivity contribution < 1.29 is 4.39 Å². The van der Waals surface area contributed by atoms with Gasteiger partial charge in [-0.1, -0.05) is 12.1 Å². The molecule has 0 radical (unpaired) electrons. The van der Waals surface area contributed by atoms with Gasteiger partial charge in [-0.15, -0.1) is 0 Å². The summed E-state index contributed by atoms with van der Waals surface area (Å²) >= 11 is 0. The second-order valence-electron chi connectivity index (χ2n) is 3.62. The first-order valence-corrected chi connectivity index (χ1v) is 5.29. The molecule has 0 bridgehead atoms. The van der Waals surface area contributed by atoms with E-state index in [1.54, 1.807) is 42.7 Å². The molecule has 0 unspecified atom stereocenters. The Morgan fingerprint density at radius 1 is 1.17 bits per heavy atom. The van der Waals surface area contributed by atoms with Crippen LogP contribution >= 0.6 is 0 Å². The zero-order valence-corrected chi connectivity index (χ0v) is 9.47. The van der Waals surface area contributed by atoms with Crippen LogP contribution in [-0.2, 0) is 0 Å². The Morgan fingerprint density at radius 3 is 2.44 bits per heavy atom. The van der Waals surface area contributed by atoms with Crippen molar-refractivity contribution in [3.05, 3.63) is 65.7 Å². The van der Waals surface area contributed by atoms with Crippen LogP contribution in [0.15, 0.2) is 48.8 Å². The number of hydrogen-bond acceptors (Lipinski definition) is 3. The van der Waals surface area contributed by atoms with Crippen molar-refractivity contribution in [2.75, 3.05) is 0 Å². The minimum absolute atomic E-state index is 0.127. The third-order valence-electron chi connectivity index (χ3n) is 2.51. The van der Waals surface area contributed by atoms with Crippen LogP contribution < -0.4 is 5.73 Å². The molecule has 0 aliphatic carbocycles. The number of nitrogens with two attached hydrogens (primary N) is 1. The summed E-state index contributed by atoms with van der Waals surface area (Å²) in [7, 11) is 0. The Hall–Kier alpha value is -2.67. The first kappa shape index (κ1) is 11.8. The number of rotatable bonds is 2. The van der Waals surface area contributed by atoms with Crippen LogP contribution in [-0.4, -0.2) is 4.98 Å². The fourth-order valence-electron chi connectivity index (χ4n) is 1.61. The van der Waals surface area contributed by atoms with Crippen LogP contribution in [0.3, 0.4) is 0 Å². The van der Waals surface area contributed by atoms with Crippen LogP contribution in [0.4, 0.5) is 4.39 Å². The highest BCUT2D eigenvalue weighted by Crippen LogP contribution is 2.23. The van der Waals surface area contributed by atoms with Gasteiger partial charge in [-0.2, -0.15) is 5.26 Å². The predicted molar refractivity (Wildman–Crippen MR) is 67.3 cm³/mol. The number of nitriles is 1. The van der Waals surface area contributed by atoms with Crippen LogP contribution in [0.25, 0.3) is 11.3 Å². The van der Waals surface area contributed by atoms with Gasteiger partial charge in [0.1, 0.15) is 11.9 Å². The molecule has 1 aromatic carbocycles. The number of nitrogens with zero attached hydrogens (tertiary/aromatic N) is 2. The van der Waals surface area contributed by atoms with Crippen molar-refractivity contribution in [2.24, 2.45) is 5.73 Å². The van der Waals surface area contributed by atoms with Gasteiger partial charge in [0.25, 0.3) is 0 Å². The molecule has 0 amide bonds. The molecule has 2 aromatic rings. The van der Waals surface area contributed by atoms with E-state index in [-0.39, 0.29) is 16.8 Å². The fraction of sp³-hybridized carbons (Fsp3) is 0. The van der Waals surface area contributed by atoms with Crippen LogP contribution in [0, 0.1) is 17.1 Å². The SMILES string of the molecule is N#C/C(=C(/N)c1ccccc1F)c1ccncc1. The van der Waals surface area contributed by atoms with E-state index in [0.29, 0.717) is 5.56 Å². The minimum Gasteiger partial charge on any atom is -0.397 e. The van der Waals surface area contributed by atoms with Crippen molar-refractivity contribution in [1.82, 2.24) is 4.98 Å². The molecule has 0 fully saturated rings. The molecular formula is C14H10FN3. The lowest BCUT2D eigenvalue weighted by Crippen LogP contribution is -2.03. The maximum atomic E-state index is 13.6. The zero-order valence-electron chi connectivity index (χ0n) is 9.47. The fourth-order valence-corrected chi connectivity index (χ4v) is 1.61. The van der Waals surface area contributed by atoms with E-state index in [9.17, 15) is 9.65 Å². The normalized spacial score (nSPS) is 11.6. The lowest BCUT2D eigenvalue weighted by atomic mass is 10.0. The molecule has 0 aliphatic rings. The van der Waals surface area contributed by atoms with Crippen LogP contribution in [0.5, 0.6) is 0 Å². The zero-order chi connectivity index (χ0) is 13.0. The van der Waals surface area contributed by atoms with E-state index in [4.69, 9.17) is 5.73 Å². The van der Waals surface area contributed by atoms with Gasteiger partial charge in [-0.05, 0) is 29.8 Å². The average molecular weight is 239 g/mol. The van der Waals surface area contributed by atoms with Gasteiger partial charge in [-0.25, -0.2) is 4.39 Å². The molecule has 18 heavy (non-hydrogen) atoms. The van der Waals surface area contributed by atoms with E-state index < -0.39 is 5.82 Å². The highest BCUT2D eigenvalue weighted by molar-refractivity contribution is 5.95. The number of hydrogen-bond donors (Lipinski definition) is 1. The van der Waals surface area contributed by atoms with E-state index in [1.165, 1.54) is 6.07 Å². The Morgan fingerprint density at radius 2 is 1.83 bits per heavy atom. The van der Waals surface area contributed by atoms with E-state index in [2.05, 4.69) is 4.98 Å². The van der Waals surface area contributed by atoms with Crippen LogP contribution in [0.2, 0.25) is 0 Å². The monoisotopic (exact) mass is 239 g/mol. The molecule has 0 saturated heterocycles. The maximum absolute atomic E-state index is 13.6. The second kappa shape index (κ2) is 5.11. The molecule has 4 heteroatoms. The van der Waals surface area contributed by atoms with E-state index >= 15 is 0 Å². The standard InChI is InChI=1S/C14H10FN3/c15-13-4-2-1-3-11(13)14(17)12(9-16)10-5-7-18-8-6-10/h1-8H,17H2/b14-12-. The third-order valence-corrected chi connectivity index (χ3v) is 2.51. The Kier molecular flexibility index (Phi) is 3.35. The molecule has 88 valence electrons. The van der Waals surface area contributed by atoms with Crippen molar-refractivity contribution in [2.45, 2.75) is 0 Å². The molecule has 0 aliphatic heterocycles. The minimum atomic E-state index is -0.447. The van der Waals surface area contributed by atoms with E-state index in [0.717, 1.165) is 0 Å². The molecule has 3 nitrogen and oxygen atoms in total. The van der Waals surface area contributed by atoms with Crippen molar-refractivity contribution in [3.8, 4) is 6.07 Å². The largest absolute Gasteiger partial charge is 0.397 e. The molecule has 0 saturated carbocycles. The Labute approximate surface area is 104 Å².